The lowest BCUT2D eigenvalue weighted by Gasteiger charge is -2.41. The largest absolute Gasteiger partial charge is 0.392 e. The number of hydrogen-bond acceptors (Lipinski definition) is 3. The second kappa shape index (κ2) is 6.25. The first kappa shape index (κ1) is 15.5. The van der Waals surface area contributed by atoms with Gasteiger partial charge in [-0.3, -0.25) is 0 Å². The predicted molar refractivity (Wildman–Crippen MR) is 83.4 cm³/mol. The third kappa shape index (κ3) is 3.60. The summed E-state index contributed by atoms with van der Waals surface area (Å²) in [6, 6.07) is 10.3. The van der Waals surface area contributed by atoms with Crippen molar-refractivity contribution >= 4 is 0 Å². The van der Waals surface area contributed by atoms with Crippen LogP contribution in [0.15, 0.2) is 30.3 Å². The quantitative estimate of drug-likeness (QED) is 0.888. The molecule has 0 amide bonds. The van der Waals surface area contributed by atoms with E-state index in [2.05, 4.69) is 37.8 Å². The van der Waals surface area contributed by atoms with Crippen molar-refractivity contribution in [2.24, 2.45) is 17.1 Å². The third-order valence-corrected chi connectivity index (χ3v) is 4.63. The summed E-state index contributed by atoms with van der Waals surface area (Å²) in [6.45, 7) is 9.31. The molecule has 0 bridgehead atoms. The fourth-order valence-corrected chi connectivity index (χ4v) is 3.04. The average Bonchev–Trinajstić information content (AvgIpc) is 2.43. The minimum atomic E-state index is -0.201. The highest BCUT2D eigenvalue weighted by atomic mass is 16.3. The van der Waals surface area contributed by atoms with Crippen LogP contribution in [0.3, 0.4) is 0 Å². The van der Waals surface area contributed by atoms with Crippen LogP contribution in [0.2, 0.25) is 0 Å². The molecule has 3 N–H and O–H groups in total. The Morgan fingerprint density at radius 3 is 2.60 bits per heavy atom. The molecule has 0 spiro atoms. The summed E-state index contributed by atoms with van der Waals surface area (Å²) in [4.78, 5) is 2.35. The van der Waals surface area contributed by atoms with Gasteiger partial charge < -0.3 is 15.7 Å². The molecular formula is C17H28N2O. The third-order valence-electron chi connectivity index (χ3n) is 4.63. The van der Waals surface area contributed by atoms with Crippen molar-refractivity contribution in [3.05, 3.63) is 35.9 Å². The number of nitrogens with two attached hydrogens (primary N) is 1. The number of piperidine rings is 1. The van der Waals surface area contributed by atoms with Crippen molar-refractivity contribution in [2.75, 3.05) is 19.6 Å². The molecule has 3 atom stereocenters. The van der Waals surface area contributed by atoms with Crippen LogP contribution in [-0.2, 0) is 0 Å². The fourth-order valence-electron chi connectivity index (χ4n) is 3.04. The van der Waals surface area contributed by atoms with Crippen molar-refractivity contribution in [1.29, 1.82) is 0 Å². The van der Waals surface area contributed by atoms with Gasteiger partial charge in [0.15, 0.2) is 0 Å². The zero-order valence-corrected chi connectivity index (χ0v) is 12.9. The zero-order valence-electron chi connectivity index (χ0n) is 12.9. The maximum atomic E-state index is 10.0. The molecule has 112 valence electrons. The smallest absolute Gasteiger partial charge is 0.0693 e. The lowest BCUT2D eigenvalue weighted by molar-refractivity contribution is 0.0108. The number of β-amino-alcohol motifs (C(OH)–C–C–N with tert-alkyl or cyclic N) is 1. The van der Waals surface area contributed by atoms with Crippen LogP contribution in [0.5, 0.6) is 0 Å². The Balaban J connectivity index is 2.00. The molecule has 3 heteroatoms. The summed E-state index contributed by atoms with van der Waals surface area (Å²) in [7, 11) is 0. The van der Waals surface area contributed by atoms with E-state index in [9.17, 15) is 5.11 Å². The highest BCUT2D eigenvalue weighted by Gasteiger charge is 2.33. The highest BCUT2D eigenvalue weighted by molar-refractivity contribution is 5.20. The molecule has 1 aliphatic heterocycles. The summed E-state index contributed by atoms with van der Waals surface area (Å²) in [5.74, 6) is 0.414. The van der Waals surface area contributed by atoms with E-state index in [1.165, 1.54) is 5.56 Å². The molecule has 1 aromatic carbocycles. The van der Waals surface area contributed by atoms with Crippen LogP contribution in [0, 0.1) is 11.3 Å². The number of aliphatic hydroxyl groups is 1. The molecule has 2 rings (SSSR count). The fraction of sp³-hybridized carbons (Fsp3) is 0.647. The Kier molecular flexibility index (Phi) is 4.84. The maximum Gasteiger partial charge on any atom is 0.0693 e. The van der Waals surface area contributed by atoms with E-state index in [0.29, 0.717) is 5.92 Å². The number of benzene rings is 1. The van der Waals surface area contributed by atoms with Gasteiger partial charge in [0.1, 0.15) is 0 Å². The minimum absolute atomic E-state index is 0.0123. The Morgan fingerprint density at radius 1 is 1.35 bits per heavy atom. The first-order valence-electron chi connectivity index (χ1n) is 7.61. The monoisotopic (exact) mass is 276 g/mol. The van der Waals surface area contributed by atoms with Gasteiger partial charge in [-0.1, -0.05) is 51.1 Å². The van der Waals surface area contributed by atoms with E-state index >= 15 is 0 Å². The first-order valence-corrected chi connectivity index (χ1v) is 7.61. The van der Waals surface area contributed by atoms with E-state index in [-0.39, 0.29) is 17.6 Å². The Morgan fingerprint density at radius 2 is 2.00 bits per heavy atom. The van der Waals surface area contributed by atoms with Crippen LogP contribution in [0.1, 0.15) is 38.8 Å². The van der Waals surface area contributed by atoms with Gasteiger partial charge >= 0.3 is 0 Å². The second-order valence-corrected chi connectivity index (χ2v) is 6.95. The van der Waals surface area contributed by atoms with Crippen molar-refractivity contribution in [3.63, 3.8) is 0 Å². The van der Waals surface area contributed by atoms with Gasteiger partial charge in [-0.25, -0.2) is 0 Å². The lowest BCUT2D eigenvalue weighted by atomic mass is 9.80. The standard InChI is InChI=1S/C17H28N2O/c1-13-9-10-19(11-15(13)20)12-17(2,3)16(18)14-7-5-4-6-8-14/h4-8,13,15-16,20H,9-12,18H2,1-3H3. The van der Waals surface area contributed by atoms with Gasteiger partial charge in [0.2, 0.25) is 0 Å². The molecule has 1 aliphatic rings. The summed E-state index contributed by atoms with van der Waals surface area (Å²) >= 11 is 0. The number of likely N-dealkylation sites (tertiary alicyclic amines) is 1. The van der Waals surface area contributed by atoms with Gasteiger partial charge in [0, 0.05) is 19.1 Å². The van der Waals surface area contributed by atoms with Gasteiger partial charge in [0.25, 0.3) is 0 Å². The van der Waals surface area contributed by atoms with Crippen molar-refractivity contribution in [3.8, 4) is 0 Å². The molecule has 20 heavy (non-hydrogen) atoms. The second-order valence-electron chi connectivity index (χ2n) is 6.95. The molecule has 0 aromatic heterocycles. The molecule has 3 nitrogen and oxygen atoms in total. The number of aliphatic hydroxyl groups excluding tert-OH is 1. The van der Waals surface area contributed by atoms with Crippen molar-refractivity contribution in [1.82, 2.24) is 4.90 Å². The Hall–Kier alpha value is -0.900. The molecule has 1 fully saturated rings. The van der Waals surface area contributed by atoms with Crippen molar-refractivity contribution in [2.45, 2.75) is 39.3 Å². The van der Waals surface area contributed by atoms with E-state index < -0.39 is 0 Å². The summed E-state index contributed by atoms with van der Waals surface area (Å²) in [5, 5.41) is 10.0. The van der Waals surface area contributed by atoms with Crippen LogP contribution in [-0.4, -0.2) is 35.7 Å². The number of hydrogen-bond donors (Lipinski definition) is 2. The predicted octanol–water partition coefficient (Wildman–Crippen LogP) is 2.42. The van der Waals surface area contributed by atoms with E-state index in [0.717, 1.165) is 26.1 Å². The van der Waals surface area contributed by atoms with Crippen LogP contribution in [0.25, 0.3) is 0 Å². The molecule has 1 heterocycles. The Labute approximate surface area is 122 Å². The van der Waals surface area contributed by atoms with Gasteiger partial charge in [-0.2, -0.15) is 0 Å². The van der Waals surface area contributed by atoms with E-state index in [1.807, 2.05) is 18.2 Å². The van der Waals surface area contributed by atoms with E-state index in [4.69, 9.17) is 5.73 Å². The van der Waals surface area contributed by atoms with Crippen LogP contribution >= 0.6 is 0 Å². The van der Waals surface area contributed by atoms with Crippen LogP contribution in [0.4, 0.5) is 0 Å². The summed E-state index contributed by atoms with van der Waals surface area (Å²) in [5.41, 5.74) is 7.63. The lowest BCUT2D eigenvalue weighted by Crippen LogP contribution is -2.48. The van der Waals surface area contributed by atoms with Gasteiger partial charge in [-0.15, -0.1) is 0 Å². The minimum Gasteiger partial charge on any atom is -0.392 e. The molecule has 1 aromatic rings. The van der Waals surface area contributed by atoms with Crippen molar-refractivity contribution < 1.29 is 5.11 Å². The molecule has 3 unspecified atom stereocenters. The highest BCUT2D eigenvalue weighted by Crippen LogP contribution is 2.33. The molecule has 0 aliphatic carbocycles. The normalized spacial score (nSPS) is 26.4. The first-order chi connectivity index (χ1) is 9.40. The maximum absolute atomic E-state index is 10.0. The number of nitrogens with zero attached hydrogens (tertiary/aromatic N) is 1. The SMILES string of the molecule is CC1CCN(CC(C)(C)C(N)c2ccccc2)CC1O. The van der Waals surface area contributed by atoms with Gasteiger partial charge in [0.05, 0.1) is 6.10 Å². The topological polar surface area (TPSA) is 49.5 Å². The van der Waals surface area contributed by atoms with Gasteiger partial charge in [-0.05, 0) is 29.9 Å². The molecular weight excluding hydrogens is 248 g/mol. The summed E-state index contributed by atoms with van der Waals surface area (Å²) < 4.78 is 0. The zero-order chi connectivity index (χ0) is 14.8. The number of rotatable bonds is 4. The van der Waals surface area contributed by atoms with Crippen LogP contribution < -0.4 is 5.73 Å². The Bertz CT molecular complexity index is 418. The average molecular weight is 276 g/mol. The molecule has 0 saturated carbocycles. The molecule has 1 saturated heterocycles. The van der Waals surface area contributed by atoms with E-state index in [1.54, 1.807) is 0 Å². The molecule has 0 radical (unpaired) electrons. The summed E-state index contributed by atoms with van der Waals surface area (Å²) in [6.07, 6.45) is 0.866.